The molecule has 1 saturated carbocycles. The van der Waals surface area contributed by atoms with E-state index in [0.717, 1.165) is 36.4 Å². The number of primary amides is 1. The van der Waals surface area contributed by atoms with Gasteiger partial charge in [-0.3, -0.25) is 4.79 Å². The lowest BCUT2D eigenvalue weighted by atomic mass is 9.80. The minimum absolute atomic E-state index is 0.233. The van der Waals surface area contributed by atoms with E-state index in [1.165, 1.54) is 0 Å². The van der Waals surface area contributed by atoms with Crippen LogP contribution in [0.1, 0.15) is 45.1 Å². The summed E-state index contributed by atoms with van der Waals surface area (Å²) >= 11 is 1.65. The first kappa shape index (κ1) is 16.2. The molecular formula is C15H24N4OS. The summed E-state index contributed by atoms with van der Waals surface area (Å²) in [6, 6.07) is 0.233. The van der Waals surface area contributed by atoms with Gasteiger partial charge in [-0.05, 0) is 52.0 Å². The fourth-order valence-electron chi connectivity index (χ4n) is 2.89. The smallest absolute Gasteiger partial charge is 0.237 e. The fourth-order valence-corrected chi connectivity index (χ4v) is 4.07. The summed E-state index contributed by atoms with van der Waals surface area (Å²) in [5.41, 5.74) is 6.15. The highest BCUT2D eigenvalue weighted by atomic mass is 32.2. The predicted octanol–water partition coefficient (Wildman–Crippen LogP) is 2.04. The van der Waals surface area contributed by atoms with Gasteiger partial charge in [-0.1, -0.05) is 11.8 Å². The van der Waals surface area contributed by atoms with E-state index in [0.29, 0.717) is 5.25 Å². The van der Waals surface area contributed by atoms with Gasteiger partial charge < -0.3 is 11.1 Å². The lowest BCUT2D eigenvalue weighted by Gasteiger charge is -2.40. The Kier molecular flexibility index (Phi) is 5.22. The van der Waals surface area contributed by atoms with E-state index in [-0.39, 0.29) is 11.9 Å². The van der Waals surface area contributed by atoms with Crippen LogP contribution in [0.3, 0.4) is 0 Å². The summed E-state index contributed by atoms with van der Waals surface area (Å²) in [4.78, 5) is 20.7. The second-order valence-electron chi connectivity index (χ2n) is 6.12. The van der Waals surface area contributed by atoms with E-state index in [2.05, 4.69) is 15.3 Å². The molecule has 0 spiro atoms. The first-order valence-electron chi connectivity index (χ1n) is 7.44. The Hall–Kier alpha value is -1.14. The van der Waals surface area contributed by atoms with Crippen LogP contribution in [0.5, 0.6) is 0 Å². The number of aromatic nitrogens is 2. The molecular weight excluding hydrogens is 284 g/mol. The monoisotopic (exact) mass is 308 g/mol. The van der Waals surface area contributed by atoms with Crippen LogP contribution in [0.25, 0.3) is 0 Å². The zero-order valence-corrected chi connectivity index (χ0v) is 13.7. The second-order valence-corrected chi connectivity index (χ2v) is 7.39. The number of rotatable bonds is 5. The molecule has 2 rings (SSSR count). The molecule has 1 aliphatic rings. The van der Waals surface area contributed by atoms with Gasteiger partial charge in [-0.15, -0.1) is 0 Å². The molecule has 0 aromatic carbocycles. The Balaban J connectivity index is 2.08. The Bertz CT molecular complexity index is 491. The summed E-state index contributed by atoms with van der Waals surface area (Å²) in [5, 5.41) is 4.48. The molecule has 0 aliphatic heterocycles. The number of carbonyl (C=O) groups excluding carboxylic acids is 1. The highest BCUT2D eigenvalue weighted by molar-refractivity contribution is 7.99. The van der Waals surface area contributed by atoms with Crippen molar-refractivity contribution in [3.63, 3.8) is 0 Å². The van der Waals surface area contributed by atoms with Crippen LogP contribution in [0.4, 0.5) is 0 Å². The summed E-state index contributed by atoms with van der Waals surface area (Å²) in [5.74, 6) is -0.244. The highest BCUT2D eigenvalue weighted by Gasteiger charge is 2.42. The largest absolute Gasteiger partial charge is 0.368 e. The van der Waals surface area contributed by atoms with Crippen LogP contribution in [-0.4, -0.2) is 32.7 Å². The average molecular weight is 308 g/mol. The van der Waals surface area contributed by atoms with Gasteiger partial charge in [-0.25, -0.2) is 9.97 Å². The van der Waals surface area contributed by atoms with Gasteiger partial charge >= 0.3 is 0 Å². The van der Waals surface area contributed by atoms with Crippen molar-refractivity contribution in [2.75, 3.05) is 0 Å². The molecule has 1 amide bonds. The number of thioether (sulfide) groups is 1. The molecule has 1 aromatic heterocycles. The normalized spacial score (nSPS) is 26.0. The van der Waals surface area contributed by atoms with Crippen LogP contribution >= 0.6 is 11.8 Å². The van der Waals surface area contributed by atoms with Crippen molar-refractivity contribution < 1.29 is 4.79 Å². The van der Waals surface area contributed by atoms with Crippen molar-refractivity contribution in [1.82, 2.24) is 15.3 Å². The zero-order chi connectivity index (χ0) is 15.5. The Morgan fingerprint density at radius 1 is 1.48 bits per heavy atom. The highest BCUT2D eigenvalue weighted by Crippen LogP contribution is 2.37. The molecule has 1 heterocycles. The number of hydrogen-bond donors (Lipinski definition) is 2. The molecule has 21 heavy (non-hydrogen) atoms. The summed E-state index contributed by atoms with van der Waals surface area (Å²) in [6.45, 7) is 6.06. The van der Waals surface area contributed by atoms with Crippen molar-refractivity contribution in [3.8, 4) is 0 Å². The first-order valence-corrected chi connectivity index (χ1v) is 8.32. The molecule has 0 bridgehead atoms. The van der Waals surface area contributed by atoms with E-state index >= 15 is 0 Å². The van der Waals surface area contributed by atoms with Crippen molar-refractivity contribution in [1.29, 1.82) is 0 Å². The molecule has 3 N–H and O–H groups in total. The number of nitrogens with zero attached hydrogens (tertiary/aromatic N) is 2. The summed E-state index contributed by atoms with van der Waals surface area (Å²) in [7, 11) is 0. The third-order valence-corrected chi connectivity index (χ3v) is 4.93. The molecule has 2 atom stereocenters. The minimum atomic E-state index is -0.589. The van der Waals surface area contributed by atoms with Crippen molar-refractivity contribution in [3.05, 3.63) is 18.0 Å². The SMILES string of the molecule is Cc1cnc(SC2CCCC(NC(C)C)(C(N)=O)C2)nc1. The maximum Gasteiger partial charge on any atom is 0.237 e. The van der Waals surface area contributed by atoms with Crippen LogP contribution in [0.15, 0.2) is 17.6 Å². The lowest BCUT2D eigenvalue weighted by molar-refractivity contribution is -0.126. The topological polar surface area (TPSA) is 80.9 Å². The number of carbonyl (C=O) groups is 1. The van der Waals surface area contributed by atoms with Crippen LogP contribution in [0, 0.1) is 6.92 Å². The average Bonchev–Trinajstić information content (AvgIpc) is 2.41. The number of aryl methyl sites for hydroxylation is 1. The molecule has 0 radical (unpaired) electrons. The Morgan fingerprint density at radius 2 is 2.14 bits per heavy atom. The molecule has 1 aromatic rings. The van der Waals surface area contributed by atoms with E-state index in [1.807, 2.05) is 33.2 Å². The maximum atomic E-state index is 12.0. The van der Waals surface area contributed by atoms with E-state index in [1.54, 1.807) is 11.8 Å². The fraction of sp³-hybridized carbons (Fsp3) is 0.667. The van der Waals surface area contributed by atoms with Gasteiger partial charge in [0.25, 0.3) is 0 Å². The zero-order valence-electron chi connectivity index (χ0n) is 12.9. The van der Waals surface area contributed by atoms with Crippen molar-refractivity contribution in [2.24, 2.45) is 5.73 Å². The maximum absolute atomic E-state index is 12.0. The third kappa shape index (κ3) is 4.17. The van der Waals surface area contributed by atoms with Crippen molar-refractivity contribution >= 4 is 17.7 Å². The number of nitrogens with one attached hydrogen (secondary N) is 1. The lowest BCUT2D eigenvalue weighted by Crippen LogP contribution is -2.60. The molecule has 0 saturated heterocycles. The standard InChI is InChI=1S/C15H24N4OS/c1-10(2)19-15(13(16)20)6-4-5-12(7-15)21-14-17-8-11(3)9-18-14/h8-10,12,19H,4-7H2,1-3H3,(H2,16,20). The van der Waals surface area contributed by atoms with Gasteiger partial charge in [0.1, 0.15) is 0 Å². The number of amides is 1. The van der Waals surface area contributed by atoms with E-state index in [4.69, 9.17) is 5.73 Å². The third-order valence-electron chi connectivity index (χ3n) is 3.77. The molecule has 1 fully saturated rings. The Labute approximate surface area is 130 Å². The number of hydrogen-bond acceptors (Lipinski definition) is 5. The van der Waals surface area contributed by atoms with E-state index in [9.17, 15) is 4.79 Å². The van der Waals surface area contributed by atoms with Gasteiger partial charge in [-0.2, -0.15) is 0 Å². The van der Waals surface area contributed by atoms with Gasteiger partial charge in [0.05, 0.1) is 5.54 Å². The first-order chi connectivity index (χ1) is 9.91. The summed E-state index contributed by atoms with van der Waals surface area (Å²) in [6.07, 6.45) is 7.26. The molecule has 1 aliphatic carbocycles. The Morgan fingerprint density at radius 3 is 2.71 bits per heavy atom. The molecule has 116 valence electrons. The van der Waals surface area contributed by atoms with Crippen LogP contribution < -0.4 is 11.1 Å². The second kappa shape index (κ2) is 6.75. The molecule has 5 nitrogen and oxygen atoms in total. The molecule has 6 heteroatoms. The minimum Gasteiger partial charge on any atom is -0.368 e. The summed E-state index contributed by atoms with van der Waals surface area (Å²) < 4.78 is 0. The quantitative estimate of drug-likeness (QED) is 0.814. The van der Waals surface area contributed by atoms with E-state index < -0.39 is 5.54 Å². The van der Waals surface area contributed by atoms with Gasteiger partial charge in [0.2, 0.25) is 5.91 Å². The van der Waals surface area contributed by atoms with Gasteiger partial charge in [0, 0.05) is 23.7 Å². The van der Waals surface area contributed by atoms with Crippen LogP contribution in [-0.2, 0) is 4.79 Å². The number of nitrogens with two attached hydrogens (primary N) is 1. The predicted molar refractivity (Wildman–Crippen MR) is 85.1 cm³/mol. The van der Waals surface area contributed by atoms with Gasteiger partial charge in [0.15, 0.2) is 5.16 Å². The van der Waals surface area contributed by atoms with Crippen molar-refractivity contribution in [2.45, 2.75) is 68.4 Å². The van der Waals surface area contributed by atoms with Crippen LogP contribution in [0.2, 0.25) is 0 Å². The molecule has 2 unspecified atom stereocenters.